The van der Waals surface area contributed by atoms with Crippen LogP contribution in [-0.2, 0) is 14.4 Å². The number of rotatable bonds is 13. The summed E-state index contributed by atoms with van der Waals surface area (Å²) in [5, 5.41) is 14.5. The molecule has 2 heterocycles. The van der Waals surface area contributed by atoms with E-state index in [2.05, 4.69) is 25.5 Å². The average Bonchev–Trinajstić information content (AvgIpc) is 3.50. The fourth-order valence-electron chi connectivity index (χ4n) is 5.92. The van der Waals surface area contributed by atoms with Crippen LogP contribution in [0.2, 0.25) is 0 Å². The Morgan fingerprint density at radius 2 is 1.86 bits per heavy atom. The average molecular weight is 613 g/mol. The molecule has 2 atom stereocenters. The standard InChI is InChI=1S/C32H42F2N6O4/c1-5-25-30(42)39(4)26-18-35-32(38-29(26)40(25)21-12-9-10-13-21)37-28-22(33)16-20(17-23(28)34)11-7-6-8-14-27(41)36-24(31(43)44)15-19(2)3/h7,11,16-19,21,24-25H,5-6,8-10,12-15H2,1-4H3,(H,36,41)(H,43,44)(H,35,37,38)/t24-,25+/m0/s1. The number of amides is 2. The first-order valence-corrected chi connectivity index (χ1v) is 15.4. The van der Waals surface area contributed by atoms with Gasteiger partial charge in [0.05, 0.1) is 6.20 Å². The van der Waals surface area contributed by atoms with Gasteiger partial charge in [0.25, 0.3) is 0 Å². The molecule has 2 aliphatic rings. The minimum atomic E-state index is -1.06. The van der Waals surface area contributed by atoms with Gasteiger partial charge in [-0.05, 0) is 62.1 Å². The zero-order valence-electron chi connectivity index (χ0n) is 25.8. The molecule has 0 spiro atoms. The third kappa shape index (κ3) is 7.70. The van der Waals surface area contributed by atoms with Crippen LogP contribution in [0, 0.1) is 17.6 Å². The Labute approximate surface area is 256 Å². The topological polar surface area (TPSA) is 128 Å². The van der Waals surface area contributed by atoms with E-state index in [1.54, 1.807) is 24.1 Å². The van der Waals surface area contributed by atoms with Crippen LogP contribution in [0.15, 0.2) is 24.4 Å². The normalized spacial score (nSPS) is 17.8. The van der Waals surface area contributed by atoms with Crippen molar-refractivity contribution in [3.8, 4) is 0 Å². The lowest BCUT2D eigenvalue weighted by Gasteiger charge is -2.43. The van der Waals surface area contributed by atoms with Crippen molar-refractivity contribution in [2.24, 2.45) is 5.92 Å². The fraction of sp³-hybridized carbons (Fsp3) is 0.531. The van der Waals surface area contributed by atoms with Gasteiger partial charge < -0.3 is 25.5 Å². The molecule has 4 rings (SSSR count). The lowest BCUT2D eigenvalue weighted by molar-refractivity contribution is -0.142. The number of carbonyl (C=O) groups excluding carboxylic acids is 2. The van der Waals surface area contributed by atoms with E-state index in [1.807, 2.05) is 20.8 Å². The van der Waals surface area contributed by atoms with Crippen molar-refractivity contribution in [1.82, 2.24) is 15.3 Å². The van der Waals surface area contributed by atoms with E-state index in [0.717, 1.165) is 25.7 Å². The first-order valence-electron chi connectivity index (χ1n) is 15.4. The summed E-state index contributed by atoms with van der Waals surface area (Å²) in [6.07, 6.45) is 10.9. The van der Waals surface area contributed by atoms with Crippen molar-refractivity contribution in [2.45, 2.75) is 96.7 Å². The first kappa shape index (κ1) is 32.8. The molecule has 1 aliphatic heterocycles. The Morgan fingerprint density at radius 1 is 1.18 bits per heavy atom. The molecule has 0 unspecified atom stereocenters. The van der Waals surface area contributed by atoms with E-state index in [-0.39, 0.29) is 47.9 Å². The number of allylic oxidation sites excluding steroid dienone is 1. The maximum Gasteiger partial charge on any atom is 0.326 e. The number of nitrogens with one attached hydrogen (secondary N) is 2. The number of anilines is 4. The van der Waals surface area contributed by atoms with Crippen molar-refractivity contribution in [3.05, 3.63) is 41.6 Å². The summed E-state index contributed by atoms with van der Waals surface area (Å²) < 4.78 is 30.2. The van der Waals surface area contributed by atoms with Crippen LogP contribution < -0.4 is 20.4 Å². The van der Waals surface area contributed by atoms with Crippen LogP contribution in [0.4, 0.5) is 31.9 Å². The second-order valence-electron chi connectivity index (χ2n) is 11.9. The number of carboxylic acids is 1. The molecule has 1 aromatic carbocycles. The number of hydrogen-bond donors (Lipinski definition) is 3. The molecule has 12 heteroatoms. The summed E-state index contributed by atoms with van der Waals surface area (Å²) in [5.74, 6) is -2.33. The van der Waals surface area contributed by atoms with Crippen molar-refractivity contribution in [1.29, 1.82) is 0 Å². The maximum absolute atomic E-state index is 15.1. The van der Waals surface area contributed by atoms with E-state index >= 15 is 8.78 Å². The molecule has 0 bridgehead atoms. The monoisotopic (exact) mass is 612 g/mol. The van der Waals surface area contributed by atoms with Gasteiger partial charge in [-0.25, -0.2) is 18.6 Å². The van der Waals surface area contributed by atoms with Crippen molar-refractivity contribution in [3.63, 3.8) is 0 Å². The molecule has 1 aliphatic carbocycles. The molecule has 1 saturated carbocycles. The smallest absolute Gasteiger partial charge is 0.326 e. The Hall–Kier alpha value is -4.09. The molecule has 0 saturated heterocycles. The van der Waals surface area contributed by atoms with Gasteiger partial charge in [0.15, 0.2) is 5.82 Å². The third-order valence-electron chi connectivity index (χ3n) is 8.14. The van der Waals surface area contributed by atoms with Gasteiger partial charge in [0, 0.05) is 19.5 Å². The van der Waals surface area contributed by atoms with E-state index in [9.17, 15) is 19.5 Å². The minimum absolute atomic E-state index is 0.0197. The number of hydrogen-bond acceptors (Lipinski definition) is 7. The fourth-order valence-corrected chi connectivity index (χ4v) is 5.92. The van der Waals surface area contributed by atoms with E-state index < -0.39 is 23.6 Å². The minimum Gasteiger partial charge on any atom is -0.480 e. The summed E-state index contributed by atoms with van der Waals surface area (Å²) in [7, 11) is 1.69. The lowest BCUT2D eigenvalue weighted by atomic mass is 10.0. The zero-order valence-corrected chi connectivity index (χ0v) is 25.8. The predicted octanol–water partition coefficient (Wildman–Crippen LogP) is 5.80. The van der Waals surface area contributed by atoms with Crippen LogP contribution in [0.25, 0.3) is 6.08 Å². The van der Waals surface area contributed by atoms with Gasteiger partial charge in [0.2, 0.25) is 17.8 Å². The van der Waals surface area contributed by atoms with E-state index in [0.29, 0.717) is 42.8 Å². The molecule has 2 aromatic rings. The number of carboxylic acid groups (broad SMARTS) is 1. The Morgan fingerprint density at radius 3 is 2.48 bits per heavy atom. The lowest BCUT2D eigenvalue weighted by Crippen LogP contribution is -2.55. The highest BCUT2D eigenvalue weighted by Gasteiger charge is 2.41. The van der Waals surface area contributed by atoms with E-state index in [4.69, 9.17) is 0 Å². The van der Waals surface area contributed by atoms with Crippen LogP contribution >= 0.6 is 0 Å². The molecule has 2 amide bonds. The number of fused-ring (bicyclic) bond motifs is 1. The van der Waals surface area contributed by atoms with Gasteiger partial charge in [-0.2, -0.15) is 4.98 Å². The molecular formula is C32H42F2N6O4. The number of nitrogens with zero attached hydrogens (tertiary/aromatic N) is 4. The SMILES string of the molecule is CC[C@@H]1C(=O)N(C)c2cnc(Nc3c(F)cc(C=CCCCC(=O)N[C@@H](CC(C)C)C(=O)O)cc3F)nc2N1C1CCCC1. The molecule has 3 N–H and O–H groups in total. The number of halogens is 2. The number of likely N-dealkylation sites (N-methyl/N-ethyl adjacent to an activating group) is 1. The van der Waals surface area contributed by atoms with E-state index in [1.165, 1.54) is 18.3 Å². The van der Waals surface area contributed by atoms with Crippen LogP contribution in [0.1, 0.15) is 84.1 Å². The molecule has 1 aromatic heterocycles. The molecule has 1 fully saturated rings. The van der Waals surface area contributed by atoms with Crippen molar-refractivity contribution < 1.29 is 28.3 Å². The Kier molecular flexibility index (Phi) is 10.9. The third-order valence-corrected chi connectivity index (χ3v) is 8.14. The number of unbranched alkanes of at least 4 members (excludes halogenated alkanes) is 1. The quantitative estimate of drug-likeness (QED) is 0.242. The summed E-state index contributed by atoms with van der Waals surface area (Å²) >= 11 is 0. The summed E-state index contributed by atoms with van der Waals surface area (Å²) in [6, 6.07) is 1.27. The molecular weight excluding hydrogens is 570 g/mol. The number of aromatic nitrogens is 2. The second-order valence-corrected chi connectivity index (χ2v) is 11.9. The predicted molar refractivity (Wildman–Crippen MR) is 166 cm³/mol. The largest absolute Gasteiger partial charge is 0.480 e. The Balaban J connectivity index is 1.41. The number of carbonyl (C=O) groups is 3. The Bertz CT molecular complexity index is 1370. The first-order chi connectivity index (χ1) is 21.0. The highest BCUT2D eigenvalue weighted by Crippen LogP contribution is 2.40. The van der Waals surface area contributed by atoms with Gasteiger partial charge in [-0.15, -0.1) is 0 Å². The van der Waals surface area contributed by atoms with Crippen molar-refractivity contribution in [2.75, 3.05) is 22.2 Å². The van der Waals surface area contributed by atoms with Crippen molar-refractivity contribution >= 4 is 47.0 Å². The number of benzene rings is 1. The van der Waals surface area contributed by atoms with Crippen LogP contribution in [0.3, 0.4) is 0 Å². The highest BCUT2D eigenvalue weighted by molar-refractivity contribution is 6.04. The molecule has 10 nitrogen and oxygen atoms in total. The summed E-state index contributed by atoms with van der Waals surface area (Å²) in [6.45, 7) is 5.74. The van der Waals surface area contributed by atoms with Gasteiger partial charge in [-0.3, -0.25) is 9.59 Å². The molecule has 0 radical (unpaired) electrons. The zero-order chi connectivity index (χ0) is 32.0. The van der Waals surface area contributed by atoms with Crippen LogP contribution in [0.5, 0.6) is 0 Å². The maximum atomic E-state index is 15.1. The molecule has 44 heavy (non-hydrogen) atoms. The highest BCUT2D eigenvalue weighted by atomic mass is 19.1. The van der Waals surface area contributed by atoms with Gasteiger partial charge >= 0.3 is 5.97 Å². The molecule has 238 valence electrons. The van der Waals surface area contributed by atoms with Crippen LogP contribution in [-0.4, -0.2) is 58.0 Å². The van der Waals surface area contributed by atoms with Gasteiger partial charge in [0.1, 0.15) is 35.1 Å². The summed E-state index contributed by atoms with van der Waals surface area (Å²) in [4.78, 5) is 49.1. The van der Waals surface area contributed by atoms with Gasteiger partial charge in [-0.1, -0.05) is 45.8 Å². The second kappa shape index (κ2) is 14.6. The summed E-state index contributed by atoms with van der Waals surface area (Å²) in [5.41, 5.74) is 0.490. The number of aliphatic carboxylic acids is 1.